The Balaban J connectivity index is 1.73. The van der Waals surface area contributed by atoms with Crippen LogP contribution in [0.25, 0.3) is 10.9 Å². The number of nitrogens with zero attached hydrogens (tertiary/aromatic N) is 5. The molecule has 2 aromatic heterocycles. The first-order valence-electron chi connectivity index (χ1n) is 8.15. The molecule has 0 spiro atoms. The highest BCUT2D eigenvalue weighted by atomic mass is 16.5. The molecule has 124 valence electrons. The fourth-order valence-corrected chi connectivity index (χ4v) is 3.33. The van der Waals surface area contributed by atoms with Crippen LogP contribution >= 0.6 is 0 Å². The molecule has 4 rings (SSSR count). The van der Waals surface area contributed by atoms with E-state index in [1.807, 2.05) is 24.1 Å². The van der Waals surface area contributed by atoms with E-state index in [1.165, 1.54) is 5.56 Å². The second kappa shape index (κ2) is 5.56. The maximum atomic E-state index is 6.11. The quantitative estimate of drug-likeness (QED) is 0.725. The van der Waals surface area contributed by atoms with E-state index >= 15 is 0 Å². The van der Waals surface area contributed by atoms with Gasteiger partial charge in [-0.2, -0.15) is 5.10 Å². The van der Waals surface area contributed by atoms with Crippen molar-refractivity contribution in [2.24, 2.45) is 7.05 Å². The van der Waals surface area contributed by atoms with E-state index in [0.29, 0.717) is 6.61 Å². The zero-order valence-electron chi connectivity index (χ0n) is 14.2. The number of aryl methyl sites for hydroxylation is 2. The Labute approximate surface area is 141 Å². The Morgan fingerprint density at radius 1 is 1.25 bits per heavy atom. The third-order valence-corrected chi connectivity index (χ3v) is 4.66. The maximum Gasteiger partial charge on any atom is 0.140 e. The number of rotatable bonds is 2. The molecule has 0 saturated carbocycles. The van der Waals surface area contributed by atoms with Gasteiger partial charge >= 0.3 is 0 Å². The van der Waals surface area contributed by atoms with Crippen LogP contribution in [-0.2, 0) is 17.4 Å². The Hall–Kier alpha value is -2.47. The molecule has 3 heterocycles. The molecule has 6 nitrogen and oxygen atoms in total. The standard InChI is InChI=1S/C18H21N5O/c1-13-4-5-16-15(8-13)17(20-12-19-16)23-6-7-24-18(2,11-23)14-9-21-22(3)10-14/h4-5,8-10,12H,6-7,11H2,1-3H3. The minimum atomic E-state index is -0.395. The monoisotopic (exact) mass is 323 g/mol. The van der Waals surface area contributed by atoms with Crippen molar-refractivity contribution < 1.29 is 4.74 Å². The topological polar surface area (TPSA) is 56.1 Å². The highest BCUT2D eigenvalue weighted by Gasteiger charge is 2.36. The average Bonchev–Trinajstić information content (AvgIpc) is 3.02. The zero-order valence-corrected chi connectivity index (χ0v) is 14.2. The van der Waals surface area contributed by atoms with Crippen molar-refractivity contribution in [3.63, 3.8) is 0 Å². The molecule has 1 fully saturated rings. The fourth-order valence-electron chi connectivity index (χ4n) is 3.33. The molecule has 3 aromatic rings. The number of anilines is 1. The molecule has 0 radical (unpaired) electrons. The summed E-state index contributed by atoms with van der Waals surface area (Å²) in [5.41, 5.74) is 2.87. The van der Waals surface area contributed by atoms with Gasteiger partial charge in [0.25, 0.3) is 0 Å². The summed E-state index contributed by atoms with van der Waals surface area (Å²) >= 11 is 0. The van der Waals surface area contributed by atoms with E-state index in [1.54, 1.807) is 6.33 Å². The van der Waals surface area contributed by atoms with E-state index < -0.39 is 5.60 Å². The predicted molar refractivity (Wildman–Crippen MR) is 93.0 cm³/mol. The van der Waals surface area contributed by atoms with Gasteiger partial charge in [-0.15, -0.1) is 0 Å². The highest BCUT2D eigenvalue weighted by molar-refractivity contribution is 5.89. The van der Waals surface area contributed by atoms with Crippen LogP contribution in [0.4, 0.5) is 5.82 Å². The first kappa shape index (κ1) is 15.1. The molecule has 0 bridgehead atoms. The van der Waals surface area contributed by atoms with Gasteiger partial charge in [-0.05, 0) is 26.0 Å². The van der Waals surface area contributed by atoms with Gasteiger partial charge in [-0.3, -0.25) is 4.68 Å². The van der Waals surface area contributed by atoms with E-state index in [0.717, 1.165) is 35.4 Å². The molecule has 6 heteroatoms. The summed E-state index contributed by atoms with van der Waals surface area (Å²) in [4.78, 5) is 11.3. The average molecular weight is 323 g/mol. The largest absolute Gasteiger partial charge is 0.367 e. The third kappa shape index (κ3) is 2.53. The second-order valence-corrected chi connectivity index (χ2v) is 6.62. The molecule has 1 aliphatic rings. The summed E-state index contributed by atoms with van der Waals surface area (Å²) in [6, 6.07) is 6.29. The van der Waals surface area contributed by atoms with Gasteiger partial charge in [-0.25, -0.2) is 9.97 Å². The van der Waals surface area contributed by atoms with Crippen molar-refractivity contribution in [2.75, 3.05) is 24.6 Å². The fraction of sp³-hybridized carbons (Fsp3) is 0.389. The van der Waals surface area contributed by atoms with Crippen LogP contribution in [0.1, 0.15) is 18.1 Å². The van der Waals surface area contributed by atoms with Gasteiger partial charge < -0.3 is 9.64 Å². The van der Waals surface area contributed by atoms with E-state index in [-0.39, 0.29) is 0 Å². The molecular weight excluding hydrogens is 302 g/mol. The Bertz CT molecular complexity index is 890. The minimum absolute atomic E-state index is 0.395. The molecule has 1 aromatic carbocycles. The number of hydrogen-bond acceptors (Lipinski definition) is 5. The van der Waals surface area contributed by atoms with Gasteiger partial charge in [0.05, 0.1) is 24.9 Å². The van der Waals surface area contributed by atoms with Gasteiger partial charge in [0.1, 0.15) is 17.7 Å². The second-order valence-electron chi connectivity index (χ2n) is 6.62. The van der Waals surface area contributed by atoms with Crippen LogP contribution in [0.2, 0.25) is 0 Å². The van der Waals surface area contributed by atoms with Crippen LogP contribution < -0.4 is 4.90 Å². The van der Waals surface area contributed by atoms with Crippen molar-refractivity contribution >= 4 is 16.7 Å². The number of morpholine rings is 1. The molecule has 0 N–H and O–H groups in total. The van der Waals surface area contributed by atoms with Crippen molar-refractivity contribution in [1.29, 1.82) is 0 Å². The molecule has 24 heavy (non-hydrogen) atoms. The van der Waals surface area contributed by atoms with Crippen LogP contribution in [0.15, 0.2) is 36.9 Å². The van der Waals surface area contributed by atoms with Gasteiger partial charge in [-0.1, -0.05) is 11.6 Å². The first-order valence-corrected chi connectivity index (χ1v) is 8.15. The smallest absolute Gasteiger partial charge is 0.140 e. The number of hydrogen-bond donors (Lipinski definition) is 0. The van der Waals surface area contributed by atoms with Crippen molar-refractivity contribution in [3.05, 3.63) is 48.0 Å². The van der Waals surface area contributed by atoms with Gasteiger partial charge in [0.2, 0.25) is 0 Å². The van der Waals surface area contributed by atoms with E-state index in [4.69, 9.17) is 4.74 Å². The SMILES string of the molecule is Cc1ccc2ncnc(N3CCOC(C)(c4cnn(C)c4)C3)c2c1. The lowest BCUT2D eigenvalue weighted by Gasteiger charge is -2.40. The Morgan fingerprint density at radius 2 is 2.12 bits per heavy atom. The lowest BCUT2D eigenvalue weighted by atomic mass is 9.96. The Kier molecular flexibility index (Phi) is 3.49. The Morgan fingerprint density at radius 3 is 2.92 bits per heavy atom. The number of aromatic nitrogens is 4. The van der Waals surface area contributed by atoms with Crippen LogP contribution in [0.3, 0.4) is 0 Å². The van der Waals surface area contributed by atoms with Crippen LogP contribution in [0, 0.1) is 6.92 Å². The van der Waals surface area contributed by atoms with Crippen LogP contribution in [-0.4, -0.2) is 39.4 Å². The number of ether oxygens (including phenoxy) is 1. The summed E-state index contributed by atoms with van der Waals surface area (Å²) in [6.45, 7) is 6.41. The molecule has 1 aliphatic heterocycles. The lowest BCUT2D eigenvalue weighted by Crippen LogP contribution is -2.48. The van der Waals surface area contributed by atoms with Gasteiger partial charge in [0, 0.05) is 30.7 Å². The molecule has 1 unspecified atom stereocenters. The summed E-state index contributed by atoms with van der Waals surface area (Å²) in [6.07, 6.45) is 5.54. The first-order chi connectivity index (χ1) is 11.5. The molecule has 1 saturated heterocycles. The number of benzene rings is 1. The minimum Gasteiger partial charge on any atom is -0.367 e. The highest BCUT2D eigenvalue weighted by Crippen LogP contribution is 2.33. The lowest BCUT2D eigenvalue weighted by molar-refractivity contribution is -0.0467. The summed E-state index contributed by atoms with van der Waals surface area (Å²) in [5, 5.41) is 5.38. The number of fused-ring (bicyclic) bond motifs is 1. The molecule has 0 aliphatic carbocycles. The summed E-state index contributed by atoms with van der Waals surface area (Å²) in [7, 11) is 1.92. The van der Waals surface area contributed by atoms with Crippen LogP contribution in [0.5, 0.6) is 0 Å². The predicted octanol–water partition coefficient (Wildman–Crippen LogP) is 2.42. The third-order valence-electron chi connectivity index (χ3n) is 4.66. The molecular formula is C18H21N5O. The maximum absolute atomic E-state index is 6.11. The normalized spacial score (nSPS) is 21.4. The summed E-state index contributed by atoms with van der Waals surface area (Å²) in [5.74, 6) is 0.974. The zero-order chi connectivity index (χ0) is 16.7. The van der Waals surface area contributed by atoms with Crippen molar-refractivity contribution in [3.8, 4) is 0 Å². The summed E-state index contributed by atoms with van der Waals surface area (Å²) < 4.78 is 7.93. The van der Waals surface area contributed by atoms with Gasteiger partial charge in [0.15, 0.2) is 0 Å². The van der Waals surface area contributed by atoms with Crippen molar-refractivity contribution in [2.45, 2.75) is 19.4 Å². The molecule has 0 amide bonds. The van der Waals surface area contributed by atoms with E-state index in [2.05, 4.69) is 52.0 Å². The van der Waals surface area contributed by atoms with Crippen molar-refractivity contribution in [1.82, 2.24) is 19.7 Å². The van der Waals surface area contributed by atoms with E-state index in [9.17, 15) is 0 Å². The molecule has 1 atom stereocenters.